The first-order valence-corrected chi connectivity index (χ1v) is 7.29. The first-order chi connectivity index (χ1) is 10.1. The third kappa shape index (κ3) is 5.19. The van der Waals surface area contributed by atoms with Gasteiger partial charge in [-0.25, -0.2) is 8.78 Å². The number of benzene rings is 1. The third-order valence-corrected chi connectivity index (χ3v) is 3.80. The molecule has 0 radical (unpaired) electrons. The number of nitrogens with zero attached hydrogens (tertiary/aromatic N) is 1. The van der Waals surface area contributed by atoms with Gasteiger partial charge in [0.1, 0.15) is 11.6 Å². The number of anilines is 1. The molecule has 2 rings (SSSR count). The highest BCUT2D eigenvalue weighted by atomic mass is 35.5. The van der Waals surface area contributed by atoms with Gasteiger partial charge < -0.3 is 11.1 Å². The van der Waals surface area contributed by atoms with Crippen molar-refractivity contribution in [1.82, 2.24) is 4.90 Å². The lowest BCUT2D eigenvalue weighted by Gasteiger charge is -2.35. The van der Waals surface area contributed by atoms with Crippen LogP contribution in [-0.4, -0.2) is 36.5 Å². The van der Waals surface area contributed by atoms with Crippen LogP contribution in [0.4, 0.5) is 14.5 Å². The van der Waals surface area contributed by atoms with E-state index in [-0.39, 0.29) is 30.5 Å². The standard InChI is InChI=1S/C15H21F2N3O.ClH/c16-11-4-5-14(13(17)9-11)19-15(21)10-20-8-2-1-3-12(20)6-7-18;/h4-5,9,12H,1-3,6-8,10,18H2,(H,19,21);1H. The van der Waals surface area contributed by atoms with Crippen molar-refractivity contribution in [2.75, 3.05) is 25.0 Å². The lowest BCUT2D eigenvalue weighted by molar-refractivity contribution is -0.118. The van der Waals surface area contributed by atoms with Gasteiger partial charge in [0, 0.05) is 12.1 Å². The molecule has 1 fully saturated rings. The Labute approximate surface area is 135 Å². The maximum Gasteiger partial charge on any atom is 0.238 e. The number of nitrogens with two attached hydrogens (primary N) is 1. The molecule has 0 bridgehead atoms. The summed E-state index contributed by atoms with van der Waals surface area (Å²) >= 11 is 0. The lowest BCUT2D eigenvalue weighted by atomic mass is 9.99. The predicted octanol–water partition coefficient (Wildman–Crippen LogP) is 2.53. The van der Waals surface area contributed by atoms with Crippen LogP contribution in [0.15, 0.2) is 18.2 Å². The Morgan fingerprint density at radius 1 is 1.36 bits per heavy atom. The molecule has 1 heterocycles. The van der Waals surface area contributed by atoms with E-state index in [2.05, 4.69) is 10.2 Å². The van der Waals surface area contributed by atoms with Crippen molar-refractivity contribution in [2.24, 2.45) is 5.73 Å². The molecular weight excluding hydrogens is 312 g/mol. The molecule has 1 unspecified atom stereocenters. The molecule has 3 N–H and O–H groups in total. The summed E-state index contributed by atoms with van der Waals surface area (Å²) in [5.74, 6) is -1.71. The quantitative estimate of drug-likeness (QED) is 0.870. The first-order valence-electron chi connectivity index (χ1n) is 7.29. The van der Waals surface area contributed by atoms with Gasteiger partial charge in [0.15, 0.2) is 0 Å². The lowest BCUT2D eigenvalue weighted by Crippen LogP contribution is -2.44. The molecule has 1 aliphatic rings. The zero-order valence-corrected chi connectivity index (χ0v) is 13.2. The fraction of sp³-hybridized carbons (Fsp3) is 0.533. The van der Waals surface area contributed by atoms with E-state index in [4.69, 9.17) is 5.73 Å². The van der Waals surface area contributed by atoms with E-state index in [0.717, 1.165) is 44.4 Å². The van der Waals surface area contributed by atoms with Crippen LogP contribution in [-0.2, 0) is 4.79 Å². The van der Waals surface area contributed by atoms with E-state index >= 15 is 0 Å². The van der Waals surface area contributed by atoms with Crippen LogP contribution in [0.1, 0.15) is 25.7 Å². The number of halogens is 3. The van der Waals surface area contributed by atoms with Crippen molar-refractivity contribution in [3.05, 3.63) is 29.8 Å². The Hall–Kier alpha value is -1.24. The Balaban J connectivity index is 0.00000242. The highest BCUT2D eigenvalue weighted by Gasteiger charge is 2.23. The van der Waals surface area contributed by atoms with E-state index in [0.29, 0.717) is 12.6 Å². The maximum absolute atomic E-state index is 13.5. The smallest absolute Gasteiger partial charge is 0.238 e. The van der Waals surface area contributed by atoms with Crippen LogP contribution >= 0.6 is 12.4 Å². The van der Waals surface area contributed by atoms with E-state index < -0.39 is 11.6 Å². The van der Waals surface area contributed by atoms with E-state index in [1.807, 2.05) is 0 Å². The minimum absolute atomic E-state index is 0. The number of piperidine rings is 1. The fourth-order valence-corrected chi connectivity index (χ4v) is 2.75. The molecule has 1 amide bonds. The molecule has 1 atom stereocenters. The molecule has 0 saturated carbocycles. The van der Waals surface area contributed by atoms with E-state index in [9.17, 15) is 13.6 Å². The molecule has 1 aromatic carbocycles. The fourth-order valence-electron chi connectivity index (χ4n) is 2.75. The molecule has 1 aromatic rings. The third-order valence-electron chi connectivity index (χ3n) is 3.80. The number of likely N-dealkylation sites (tertiary alicyclic amines) is 1. The second-order valence-electron chi connectivity index (χ2n) is 5.37. The maximum atomic E-state index is 13.5. The second-order valence-corrected chi connectivity index (χ2v) is 5.37. The number of amides is 1. The molecule has 0 aromatic heterocycles. The Kier molecular flexibility index (Phi) is 7.72. The number of carbonyl (C=O) groups is 1. The van der Waals surface area contributed by atoms with Crippen LogP contribution in [0, 0.1) is 11.6 Å². The predicted molar refractivity (Wildman–Crippen MR) is 85.1 cm³/mol. The largest absolute Gasteiger partial charge is 0.330 e. The molecule has 0 aliphatic carbocycles. The highest BCUT2D eigenvalue weighted by molar-refractivity contribution is 5.92. The average Bonchev–Trinajstić information content (AvgIpc) is 2.44. The van der Waals surface area contributed by atoms with Crippen LogP contribution < -0.4 is 11.1 Å². The van der Waals surface area contributed by atoms with Gasteiger partial charge in [-0.15, -0.1) is 12.4 Å². The van der Waals surface area contributed by atoms with Gasteiger partial charge in [0.05, 0.1) is 12.2 Å². The van der Waals surface area contributed by atoms with Gasteiger partial charge in [0.25, 0.3) is 0 Å². The Bertz CT molecular complexity index is 500. The van der Waals surface area contributed by atoms with Crippen molar-refractivity contribution < 1.29 is 13.6 Å². The highest BCUT2D eigenvalue weighted by Crippen LogP contribution is 2.20. The number of carbonyl (C=O) groups excluding carboxylic acids is 1. The van der Waals surface area contributed by atoms with Crippen LogP contribution in [0.2, 0.25) is 0 Å². The molecule has 1 saturated heterocycles. The van der Waals surface area contributed by atoms with Crippen LogP contribution in [0.3, 0.4) is 0 Å². The van der Waals surface area contributed by atoms with Crippen molar-refractivity contribution in [3.63, 3.8) is 0 Å². The average molecular weight is 334 g/mol. The molecule has 4 nitrogen and oxygen atoms in total. The van der Waals surface area contributed by atoms with Gasteiger partial charge in [-0.2, -0.15) is 0 Å². The van der Waals surface area contributed by atoms with Crippen LogP contribution in [0.25, 0.3) is 0 Å². The minimum atomic E-state index is -0.763. The molecule has 7 heteroatoms. The summed E-state index contributed by atoms with van der Waals surface area (Å²) in [6.07, 6.45) is 4.10. The van der Waals surface area contributed by atoms with Crippen molar-refractivity contribution in [2.45, 2.75) is 31.7 Å². The molecule has 124 valence electrons. The second kappa shape index (κ2) is 9.02. The molecule has 0 spiro atoms. The first kappa shape index (κ1) is 18.8. The van der Waals surface area contributed by atoms with Crippen LogP contribution in [0.5, 0.6) is 0 Å². The summed E-state index contributed by atoms with van der Waals surface area (Å²) in [7, 11) is 0. The summed E-state index contributed by atoms with van der Waals surface area (Å²) in [6, 6.07) is 3.42. The zero-order chi connectivity index (χ0) is 15.2. The number of nitrogens with one attached hydrogen (secondary N) is 1. The summed E-state index contributed by atoms with van der Waals surface area (Å²) in [6.45, 7) is 1.65. The SMILES string of the molecule is Cl.NCCC1CCCCN1CC(=O)Nc1ccc(F)cc1F. The van der Waals surface area contributed by atoms with Crippen molar-refractivity contribution in [1.29, 1.82) is 0 Å². The van der Waals surface area contributed by atoms with E-state index in [1.54, 1.807) is 0 Å². The number of hydrogen-bond donors (Lipinski definition) is 2. The van der Waals surface area contributed by atoms with E-state index in [1.165, 1.54) is 6.07 Å². The van der Waals surface area contributed by atoms with Gasteiger partial charge in [-0.05, 0) is 44.5 Å². The summed E-state index contributed by atoms with van der Waals surface area (Å²) < 4.78 is 26.3. The van der Waals surface area contributed by atoms with Gasteiger partial charge in [0.2, 0.25) is 5.91 Å². The summed E-state index contributed by atoms with van der Waals surface area (Å²) in [5.41, 5.74) is 5.61. The molecular formula is C15H22ClF2N3O. The Morgan fingerprint density at radius 3 is 2.82 bits per heavy atom. The molecule has 22 heavy (non-hydrogen) atoms. The number of rotatable bonds is 5. The van der Waals surface area contributed by atoms with Gasteiger partial charge in [-0.1, -0.05) is 6.42 Å². The summed E-state index contributed by atoms with van der Waals surface area (Å²) in [4.78, 5) is 14.1. The van der Waals surface area contributed by atoms with Gasteiger partial charge in [-0.3, -0.25) is 9.69 Å². The molecule has 1 aliphatic heterocycles. The zero-order valence-electron chi connectivity index (χ0n) is 12.4. The summed E-state index contributed by atoms with van der Waals surface area (Å²) in [5, 5.41) is 2.49. The minimum Gasteiger partial charge on any atom is -0.330 e. The van der Waals surface area contributed by atoms with Crippen molar-refractivity contribution >= 4 is 24.0 Å². The Morgan fingerprint density at radius 2 is 2.14 bits per heavy atom. The number of hydrogen-bond acceptors (Lipinski definition) is 3. The topological polar surface area (TPSA) is 58.4 Å². The van der Waals surface area contributed by atoms with Crippen molar-refractivity contribution in [3.8, 4) is 0 Å². The monoisotopic (exact) mass is 333 g/mol. The normalized spacial score (nSPS) is 18.6. The van der Waals surface area contributed by atoms with Gasteiger partial charge >= 0.3 is 0 Å².